The zero-order valence-corrected chi connectivity index (χ0v) is 10.0. The quantitative estimate of drug-likeness (QED) is 0.696. The van der Waals surface area contributed by atoms with Crippen molar-refractivity contribution in [2.45, 2.75) is 19.9 Å². The zero-order valence-electron chi connectivity index (χ0n) is 10.0. The first-order valence-electron chi connectivity index (χ1n) is 5.62. The lowest BCUT2D eigenvalue weighted by atomic mass is 10.3. The SMILES string of the molecule is COCCNCCCn1c(C)cccc1=O. The maximum atomic E-state index is 11.5. The van der Waals surface area contributed by atoms with Crippen molar-refractivity contribution in [3.05, 3.63) is 34.2 Å². The Hall–Kier alpha value is -1.13. The van der Waals surface area contributed by atoms with E-state index in [1.165, 1.54) is 0 Å². The molecule has 0 saturated heterocycles. The highest BCUT2D eigenvalue weighted by Gasteiger charge is 1.98. The number of hydrogen-bond donors (Lipinski definition) is 1. The Balaban J connectivity index is 2.29. The highest BCUT2D eigenvalue weighted by molar-refractivity contribution is 5.04. The van der Waals surface area contributed by atoms with Crippen molar-refractivity contribution in [1.29, 1.82) is 0 Å². The van der Waals surface area contributed by atoms with E-state index in [0.29, 0.717) is 0 Å². The highest BCUT2D eigenvalue weighted by atomic mass is 16.5. The molecule has 1 rings (SSSR count). The van der Waals surface area contributed by atoms with E-state index in [0.717, 1.165) is 38.4 Å². The minimum absolute atomic E-state index is 0.0805. The first-order valence-corrected chi connectivity index (χ1v) is 5.62. The second-order valence-corrected chi connectivity index (χ2v) is 3.75. The number of hydrogen-bond acceptors (Lipinski definition) is 3. The second-order valence-electron chi connectivity index (χ2n) is 3.75. The number of methoxy groups -OCH3 is 1. The van der Waals surface area contributed by atoms with Gasteiger partial charge in [-0.05, 0) is 26.0 Å². The summed E-state index contributed by atoms with van der Waals surface area (Å²) < 4.78 is 6.73. The molecule has 0 spiro atoms. The monoisotopic (exact) mass is 224 g/mol. The average Bonchev–Trinajstić information content (AvgIpc) is 2.26. The molecule has 1 heterocycles. The fraction of sp³-hybridized carbons (Fsp3) is 0.583. The standard InChI is InChI=1S/C12H20N2O2/c1-11-5-3-6-12(15)14(11)9-4-7-13-8-10-16-2/h3,5-6,13H,4,7-10H2,1-2H3. The number of pyridine rings is 1. The van der Waals surface area contributed by atoms with Crippen molar-refractivity contribution in [2.24, 2.45) is 0 Å². The molecule has 1 aromatic heterocycles. The van der Waals surface area contributed by atoms with Crippen LogP contribution in [0, 0.1) is 6.92 Å². The number of nitrogens with one attached hydrogen (secondary N) is 1. The number of ether oxygens (including phenoxy) is 1. The fourth-order valence-corrected chi connectivity index (χ4v) is 1.57. The predicted molar refractivity (Wildman–Crippen MR) is 64.8 cm³/mol. The lowest BCUT2D eigenvalue weighted by molar-refractivity contribution is 0.199. The van der Waals surface area contributed by atoms with Crippen molar-refractivity contribution < 1.29 is 4.74 Å². The minimum Gasteiger partial charge on any atom is -0.383 e. The van der Waals surface area contributed by atoms with Gasteiger partial charge in [0.25, 0.3) is 5.56 Å². The Morgan fingerprint density at radius 3 is 2.88 bits per heavy atom. The first-order chi connectivity index (χ1) is 7.75. The van der Waals surface area contributed by atoms with Gasteiger partial charge in [0.15, 0.2) is 0 Å². The summed E-state index contributed by atoms with van der Waals surface area (Å²) in [5, 5.41) is 3.26. The molecule has 0 aliphatic heterocycles. The zero-order chi connectivity index (χ0) is 11.8. The second kappa shape index (κ2) is 7.19. The van der Waals surface area contributed by atoms with Gasteiger partial charge in [-0.25, -0.2) is 0 Å². The molecule has 4 nitrogen and oxygen atoms in total. The van der Waals surface area contributed by atoms with Crippen LogP contribution >= 0.6 is 0 Å². The van der Waals surface area contributed by atoms with Gasteiger partial charge in [-0.15, -0.1) is 0 Å². The molecule has 0 aliphatic carbocycles. The van der Waals surface area contributed by atoms with Crippen LogP contribution < -0.4 is 10.9 Å². The van der Waals surface area contributed by atoms with Crippen LogP contribution in [-0.4, -0.2) is 31.4 Å². The van der Waals surface area contributed by atoms with E-state index >= 15 is 0 Å². The van der Waals surface area contributed by atoms with E-state index < -0.39 is 0 Å². The van der Waals surface area contributed by atoms with Gasteiger partial charge in [-0.1, -0.05) is 6.07 Å². The number of aromatic nitrogens is 1. The van der Waals surface area contributed by atoms with Crippen LogP contribution in [0.3, 0.4) is 0 Å². The van der Waals surface area contributed by atoms with Crippen LogP contribution in [0.1, 0.15) is 12.1 Å². The number of nitrogens with zero attached hydrogens (tertiary/aromatic N) is 1. The molecule has 0 fully saturated rings. The molecule has 0 radical (unpaired) electrons. The van der Waals surface area contributed by atoms with E-state index in [1.54, 1.807) is 23.8 Å². The van der Waals surface area contributed by atoms with Crippen LogP contribution in [0.2, 0.25) is 0 Å². The maximum Gasteiger partial charge on any atom is 0.250 e. The van der Waals surface area contributed by atoms with E-state index in [4.69, 9.17) is 4.74 Å². The molecule has 0 aromatic carbocycles. The molecule has 1 N–H and O–H groups in total. The van der Waals surface area contributed by atoms with Gasteiger partial charge in [0.05, 0.1) is 6.61 Å². The summed E-state index contributed by atoms with van der Waals surface area (Å²) in [7, 11) is 1.69. The lowest BCUT2D eigenvalue weighted by Crippen LogP contribution is -2.25. The van der Waals surface area contributed by atoms with Gasteiger partial charge >= 0.3 is 0 Å². The van der Waals surface area contributed by atoms with E-state index in [2.05, 4.69) is 5.32 Å². The van der Waals surface area contributed by atoms with Crippen molar-refractivity contribution in [3.8, 4) is 0 Å². The molecule has 0 unspecified atom stereocenters. The van der Waals surface area contributed by atoms with Crippen molar-refractivity contribution in [3.63, 3.8) is 0 Å². The summed E-state index contributed by atoms with van der Waals surface area (Å²) in [5.74, 6) is 0. The van der Waals surface area contributed by atoms with Gasteiger partial charge in [-0.2, -0.15) is 0 Å². The molecule has 0 atom stereocenters. The third-order valence-electron chi connectivity index (χ3n) is 2.49. The van der Waals surface area contributed by atoms with Gasteiger partial charge in [0.1, 0.15) is 0 Å². The van der Waals surface area contributed by atoms with Crippen LogP contribution in [0.5, 0.6) is 0 Å². The van der Waals surface area contributed by atoms with Crippen LogP contribution in [-0.2, 0) is 11.3 Å². The van der Waals surface area contributed by atoms with Crippen molar-refractivity contribution in [2.75, 3.05) is 26.8 Å². The maximum absolute atomic E-state index is 11.5. The van der Waals surface area contributed by atoms with E-state index in [9.17, 15) is 4.79 Å². The normalized spacial score (nSPS) is 10.6. The van der Waals surface area contributed by atoms with Gasteiger partial charge < -0.3 is 14.6 Å². The largest absolute Gasteiger partial charge is 0.383 e. The third-order valence-corrected chi connectivity index (χ3v) is 2.49. The number of rotatable bonds is 7. The Labute approximate surface area is 96.2 Å². The van der Waals surface area contributed by atoms with Crippen LogP contribution in [0.15, 0.2) is 23.0 Å². The molecule has 4 heteroatoms. The van der Waals surface area contributed by atoms with Gasteiger partial charge in [0.2, 0.25) is 0 Å². The van der Waals surface area contributed by atoms with Crippen molar-refractivity contribution in [1.82, 2.24) is 9.88 Å². The number of aryl methyl sites for hydroxylation is 1. The summed E-state index contributed by atoms with van der Waals surface area (Å²) >= 11 is 0. The molecule has 0 bridgehead atoms. The molecule has 0 saturated carbocycles. The molecule has 1 aromatic rings. The Morgan fingerprint density at radius 1 is 1.38 bits per heavy atom. The summed E-state index contributed by atoms with van der Waals surface area (Å²) in [6.45, 7) is 5.22. The van der Waals surface area contributed by atoms with E-state index in [1.807, 2.05) is 13.0 Å². The summed E-state index contributed by atoms with van der Waals surface area (Å²) in [5.41, 5.74) is 1.10. The Bertz CT molecular complexity index is 360. The Morgan fingerprint density at radius 2 is 2.19 bits per heavy atom. The van der Waals surface area contributed by atoms with Gasteiger partial charge in [0, 0.05) is 32.0 Å². The first kappa shape index (κ1) is 12.9. The van der Waals surface area contributed by atoms with Crippen molar-refractivity contribution >= 4 is 0 Å². The molecular formula is C12H20N2O2. The average molecular weight is 224 g/mol. The minimum atomic E-state index is 0.0805. The summed E-state index contributed by atoms with van der Waals surface area (Å²) in [6, 6.07) is 5.36. The third kappa shape index (κ3) is 4.16. The summed E-state index contributed by atoms with van der Waals surface area (Å²) in [6.07, 6.45) is 0.953. The van der Waals surface area contributed by atoms with Crippen LogP contribution in [0.4, 0.5) is 0 Å². The summed E-state index contributed by atoms with van der Waals surface area (Å²) in [4.78, 5) is 11.5. The predicted octanol–water partition coefficient (Wildman–Crippen LogP) is 0.783. The smallest absolute Gasteiger partial charge is 0.250 e. The Kier molecular flexibility index (Phi) is 5.82. The highest BCUT2D eigenvalue weighted by Crippen LogP contribution is 1.94. The molecule has 90 valence electrons. The van der Waals surface area contributed by atoms with Crippen LogP contribution in [0.25, 0.3) is 0 Å². The van der Waals surface area contributed by atoms with E-state index in [-0.39, 0.29) is 5.56 Å². The topological polar surface area (TPSA) is 43.3 Å². The molecule has 0 amide bonds. The molecule has 16 heavy (non-hydrogen) atoms. The molecule has 0 aliphatic rings. The lowest BCUT2D eigenvalue weighted by Gasteiger charge is -2.09. The fourth-order valence-electron chi connectivity index (χ4n) is 1.57. The van der Waals surface area contributed by atoms with Gasteiger partial charge in [-0.3, -0.25) is 4.79 Å². The molecular weight excluding hydrogens is 204 g/mol.